The average Bonchev–Trinajstić information content (AvgIpc) is 1.25. The number of hydrogen-bond donors (Lipinski definition) is 5. The highest BCUT2D eigenvalue weighted by molar-refractivity contribution is 8.02. The lowest BCUT2D eigenvalue weighted by Gasteiger charge is -2.08. The lowest BCUT2D eigenvalue weighted by molar-refractivity contribution is -0.118. The Morgan fingerprint density at radius 2 is 0.682 bits per heavy atom. The van der Waals surface area contributed by atoms with Crippen molar-refractivity contribution in [3.05, 3.63) is 361 Å². The molecule has 11 aromatic heterocycles. The minimum Gasteiger partial charge on any atom is -0.497 e. The average molecular weight is 2200 g/mol. The van der Waals surface area contributed by atoms with E-state index in [0.29, 0.717) is 65.9 Å². The Morgan fingerprint density at radius 1 is 0.318 bits per heavy atom. The Kier molecular flexibility index (Phi) is 35.3. The van der Waals surface area contributed by atoms with Gasteiger partial charge in [-0.25, -0.2) is 8.42 Å². The number of carbonyl (C=O) groups is 4. The van der Waals surface area contributed by atoms with Crippen molar-refractivity contribution in [2.45, 2.75) is 70.5 Å². The maximum Gasteiger partial charge on any atom is 0.264 e. The van der Waals surface area contributed by atoms with Gasteiger partial charge in [-0.1, -0.05) is 285 Å². The largest absolute Gasteiger partial charge is 0.497 e. The quantitative estimate of drug-likeness (QED) is 0.0244. The number of benzene rings is 11. The van der Waals surface area contributed by atoms with Crippen molar-refractivity contribution in [2.75, 3.05) is 53.4 Å². The van der Waals surface area contributed by atoms with Gasteiger partial charge in [0, 0.05) is 93.5 Å². The summed E-state index contributed by atoms with van der Waals surface area (Å²) < 4.78 is 58.3. The first-order valence-electron chi connectivity index (χ1n) is 44.4. The maximum absolute atomic E-state index is 12.5. The SMILES string of the molecule is COc1cc(CC(=O)Nc2nnc(Sc3ccnc4ccccc34)s2)cc(OC)c1.O=C(COc1ccc(OCc2ccccc2)cc1)Nc1nnc(Sc2ccnc3ccccc23)s1.O=C(COc1ccc2ccccc2c1)Nc1nnc(Sc2ccnc3ccccc23)s1.O=C(Cc1ccsc1)Nc1nnc(Sc2ccnc3ccccc23)s1.O=S(=O)(Nc1nnc(Sc2ccnc3cc(Cl)ccc23)s1)c1ccccc1. The summed E-state index contributed by atoms with van der Waals surface area (Å²) >= 11 is 21.5. The van der Waals surface area contributed by atoms with Gasteiger partial charge in [0.25, 0.3) is 21.8 Å². The highest BCUT2D eigenvalue weighted by Crippen LogP contribution is 2.43. The first-order valence-corrected chi connectivity index (χ1v) is 55.4. The first-order chi connectivity index (χ1) is 72.4. The highest BCUT2D eigenvalue weighted by atomic mass is 35.5. The van der Waals surface area contributed by atoms with E-state index in [4.69, 9.17) is 35.3 Å². The van der Waals surface area contributed by atoms with Crippen LogP contribution in [0.2, 0.25) is 5.02 Å². The molecule has 0 radical (unpaired) electrons. The van der Waals surface area contributed by atoms with Crippen LogP contribution in [0, 0.1) is 0 Å². The van der Waals surface area contributed by atoms with E-state index in [9.17, 15) is 27.6 Å². The highest BCUT2D eigenvalue weighted by Gasteiger charge is 2.22. The van der Waals surface area contributed by atoms with Gasteiger partial charge in [0.15, 0.2) is 34.9 Å². The topological polar surface area (TPSA) is 402 Å². The molecule has 31 nitrogen and oxygen atoms in total. The number of nitrogens with one attached hydrogen (secondary N) is 5. The molecule has 738 valence electrons. The van der Waals surface area contributed by atoms with E-state index in [-0.39, 0.29) is 53.3 Å². The van der Waals surface area contributed by atoms with Gasteiger partial charge in [-0.2, -0.15) is 11.3 Å². The number of anilines is 5. The van der Waals surface area contributed by atoms with E-state index in [1.807, 2.05) is 235 Å². The van der Waals surface area contributed by atoms with Crippen molar-refractivity contribution in [3.63, 3.8) is 0 Å². The molecule has 0 atom stereocenters. The molecular formula is C104H77ClN20O11S12. The number of aromatic nitrogens is 15. The number of carbonyl (C=O) groups excluding carboxylic acids is 4. The number of rotatable bonds is 32. The number of amides is 4. The van der Waals surface area contributed by atoms with Gasteiger partial charge in [0.2, 0.25) is 37.5 Å². The van der Waals surface area contributed by atoms with Crippen LogP contribution in [0.15, 0.2) is 390 Å². The van der Waals surface area contributed by atoms with E-state index in [2.05, 4.69) is 102 Å². The number of halogens is 1. The summed E-state index contributed by atoms with van der Waals surface area (Å²) in [6.07, 6.45) is 9.32. The number of sulfonamides is 1. The van der Waals surface area contributed by atoms with Crippen LogP contribution in [0.25, 0.3) is 65.3 Å². The first kappa shape index (κ1) is 103. The second-order valence-electron chi connectivity index (χ2n) is 30.8. The minimum absolute atomic E-state index is 0.0829. The molecule has 11 aromatic carbocycles. The van der Waals surface area contributed by atoms with Crippen LogP contribution in [0.3, 0.4) is 0 Å². The molecule has 0 aliphatic rings. The molecule has 4 amide bonds. The molecule has 0 aliphatic carbocycles. The Hall–Kier alpha value is -15.1. The van der Waals surface area contributed by atoms with E-state index in [1.54, 1.807) is 117 Å². The van der Waals surface area contributed by atoms with Crippen LogP contribution in [-0.4, -0.2) is 135 Å². The zero-order valence-electron chi connectivity index (χ0n) is 77.3. The fourth-order valence-electron chi connectivity index (χ4n) is 13.9. The molecule has 0 unspecified atom stereocenters. The normalized spacial score (nSPS) is 11.0. The number of fused-ring (bicyclic) bond motifs is 6. The minimum atomic E-state index is -3.69. The molecular weight excluding hydrogens is 2130 g/mol. The lowest BCUT2D eigenvalue weighted by Crippen LogP contribution is -2.20. The van der Waals surface area contributed by atoms with Crippen LogP contribution in [0.5, 0.6) is 28.7 Å². The summed E-state index contributed by atoms with van der Waals surface area (Å²) in [5, 5.41) is 66.1. The summed E-state index contributed by atoms with van der Waals surface area (Å²) in [5.74, 6) is 2.36. The van der Waals surface area contributed by atoms with Crippen LogP contribution in [0.1, 0.15) is 16.7 Å². The van der Waals surface area contributed by atoms with Crippen LogP contribution < -0.4 is 49.7 Å². The zero-order valence-corrected chi connectivity index (χ0v) is 87.9. The van der Waals surface area contributed by atoms with Crippen molar-refractivity contribution in [2.24, 2.45) is 0 Å². The molecule has 44 heteroatoms. The van der Waals surface area contributed by atoms with Gasteiger partial charge in [-0.15, -0.1) is 51.0 Å². The summed E-state index contributed by atoms with van der Waals surface area (Å²) in [5.41, 5.74) is 7.38. The molecule has 0 fully saturated rings. The molecule has 0 saturated heterocycles. The van der Waals surface area contributed by atoms with E-state index in [1.165, 1.54) is 116 Å². The standard InChI is InChI=1S/C26H20N4O3S2.C23H16N4O2S2.C21H18N4O3S2.C17H11ClN4O2S3.C17H12N4OS3/c31-24(17-33-20-12-10-19(11-13-20)32-16-18-6-2-1-3-7-18)28-25-29-30-26(35-25)34-23-14-15-27-22-9-5-4-8-21(22)23;28-21(14-29-17-10-9-15-5-1-2-6-16(15)13-17)25-22-26-27-23(31-22)30-20-11-12-24-19-8-4-3-7-18(19)20;1-27-14-9-13(10-15(12-14)28-2)11-19(26)23-20-24-25-21(30-20)29-18-7-8-22-17-6-4-3-5-16(17)18;18-11-6-7-13-14(10-11)19-9-8-15(13)25-17-21-20-16(26-17)22-27(23,24)12-4-2-1-3-5-12;22-15(9-11-6-8-23-10-11)19-16-20-21-17(25-16)24-14-5-7-18-13-4-2-1-3-12(13)14/h1-15H,16-17H2,(H,28,29,31);1-13H,14H2,(H,25,26,28);3-10,12H,11H2,1-2H3,(H,23,24,26);1-10H,(H,20,22);1-8,10H,9H2,(H,19,20,22). The smallest absolute Gasteiger partial charge is 0.264 e. The number of nitrogens with zero attached hydrogens (tertiary/aromatic N) is 15. The third-order valence-electron chi connectivity index (χ3n) is 20.6. The number of ether oxygens (including phenoxy) is 5. The fraction of sp³-hybridized carbons (Fsp3) is 0.0673. The summed E-state index contributed by atoms with van der Waals surface area (Å²) in [4.78, 5) is 76.2. The number of pyridine rings is 5. The van der Waals surface area contributed by atoms with Crippen molar-refractivity contribution in [1.29, 1.82) is 0 Å². The third-order valence-corrected chi connectivity index (χ3v) is 32.9. The van der Waals surface area contributed by atoms with Crippen molar-refractivity contribution in [1.82, 2.24) is 75.9 Å². The van der Waals surface area contributed by atoms with Gasteiger partial charge in [0.05, 0.1) is 59.5 Å². The molecule has 22 aromatic rings. The lowest BCUT2D eigenvalue weighted by atomic mass is 10.1. The molecule has 0 bridgehead atoms. The predicted octanol–water partition coefficient (Wildman–Crippen LogP) is 24.9. The van der Waals surface area contributed by atoms with E-state index in [0.717, 1.165) is 141 Å². The fourth-order valence-corrected chi connectivity index (χ4v) is 25.2. The Labute approximate surface area is 895 Å². The van der Waals surface area contributed by atoms with Gasteiger partial charge in [-0.05, 0) is 172 Å². The Morgan fingerprint density at radius 3 is 1.12 bits per heavy atom. The molecule has 11 heterocycles. The second-order valence-corrected chi connectivity index (χ2v) is 45.0. The van der Waals surface area contributed by atoms with E-state index >= 15 is 0 Å². The number of thiophene rings is 1. The van der Waals surface area contributed by atoms with E-state index < -0.39 is 10.0 Å². The van der Waals surface area contributed by atoms with Crippen LogP contribution in [-0.2, 0) is 48.6 Å². The summed E-state index contributed by atoms with van der Waals surface area (Å²) in [6.45, 7) is 0.250. The number of para-hydroxylation sites is 4. The Balaban J connectivity index is 0.000000122. The zero-order chi connectivity index (χ0) is 102. The van der Waals surface area contributed by atoms with Gasteiger partial charge < -0.3 is 34.3 Å². The maximum atomic E-state index is 12.5. The molecule has 0 aliphatic heterocycles. The van der Waals surface area contributed by atoms with Gasteiger partial charge >= 0.3 is 0 Å². The summed E-state index contributed by atoms with van der Waals surface area (Å²) in [7, 11) is -0.539. The van der Waals surface area contributed by atoms with Crippen molar-refractivity contribution >= 4 is 263 Å². The molecule has 0 spiro atoms. The second kappa shape index (κ2) is 50.8. The Bertz CT molecular complexity index is 8460. The molecule has 0 saturated carbocycles. The molecule has 5 N–H and O–H groups in total. The van der Waals surface area contributed by atoms with Crippen LogP contribution >= 0.6 is 138 Å². The predicted molar refractivity (Wildman–Crippen MR) is 589 cm³/mol. The molecule has 148 heavy (non-hydrogen) atoms. The number of hydrogen-bond acceptors (Lipinski definition) is 37. The van der Waals surface area contributed by atoms with Gasteiger partial charge in [-0.3, -0.25) is 59.5 Å². The van der Waals surface area contributed by atoms with Gasteiger partial charge in [0.1, 0.15) is 35.4 Å². The number of methoxy groups -OCH3 is 2. The monoisotopic (exact) mass is 2200 g/mol. The van der Waals surface area contributed by atoms with Crippen molar-refractivity contribution < 1.29 is 51.3 Å². The third kappa shape index (κ3) is 29.0. The van der Waals surface area contributed by atoms with Crippen LogP contribution in [0.4, 0.5) is 25.7 Å². The molecule has 22 rings (SSSR count). The van der Waals surface area contributed by atoms with Crippen molar-refractivity contribution in [3.8, 4) is 28.7 Å². The summed E-state index contributed by atoms with van der Waals surface area (Å²) in [6, 6.07) is 93.2.